The SMILES string of the molecule is COc1cc(NC(=O)c2ccc(=O)n(Cc3ccccc3)n2)c(OC)cc1Cl. The Labute approximate surface area is 166 Å². The molecule has 0 spiro atoms. The molecule has 7 nitrogen and oxygen atoms in total. The zero-order valence-corrected chi connectivity index (χ0v) is 16.1. The van der Waals surface area contributed by atoms with Gasteiger partial charge in [0.1, 0.15) is 17.2 Å². The highest BCUT2D eigenvalue weighted by Gasteiger charge is 2.15. The van der Waals surface area contributed by atoms with Gasteiger partial charge in [-0.1, -0.05) is 41.9 Å². The first-order valence-corrected chi connectivity index (χ1v) is 8.74. The molecule has 0 fully saturated rings. The monoisotopic (exact) mass is 399 g/mol. The summed E-state index contributed by atoms with van der Waals surface area (Å²) in [6, 6.07) is 15.2. The van der Waals surface area contributed by atoms with Crippen LogP contribution in [-0.2, 0) is 6.54 Å². The molecule has 1 amide bonds. The highest BCUT2D eigenvalue weighted by Crippen LogP contribution is 2.35. The normalized spacial score (nSPS) is 10.4. The number of aromatic nitrogens is 2. The van der Waals surface area contributed by atoms with E-state index in [2.05, 4.69) is 10.4 Å². The van der Waals surface area contributed by atoms with Crippen LogP contribution in [0.2, 0.25) is 5.02 Å². The van der Waals surface area contributed by atoms with Crippen LogP contribution >= 0.6 is 11.6 Å². The minimum Gasteiger partial charge on any atom is -0.495 e. The van der Waals surface area contributed by atoms with Crippen LogP contribution in [-0.4, -0.2) is 29.9 Å². The number of methoxy groups -OCH3 is 2. The van der Waals surface area contributed by atoms with Gasteiger partial charge < -0.3 is 14.8 Å². The van der Waals surface area contributed by atoms with Crippen molar-refractivity contribution in [1.29, 1.82) is 0 Å². The van der Waals surface area contributed by atoms with Gasteiger partial charge in [-0.2, -0.15) is 5.10 Å². The Balaban J connectivity index is 1.87. The van der Waals surface area contributed by atoms with Gasteiger partial charge in [0, 0.05) is 18.2 Å². The standard InChI is InChI=1S/C20H18ClN3O4/c1-27-17-11-16(18(28-2)10-14(17)21)22-20(26)15-8-9-19(25)24(23-15)12-13-6-4-3-5-7-13/h3-11H,12H2,1-2H3,(H,22,26). The molecular weight excluding hydrogens is 382 g/mol. The summed E-state index contributed by atoms with van der Waals surface area (Å²) in [5, 5.41) is 7.24. The number of amides is 1. The number of halogens is 1. The van der Waals surface area contributed by atoms with Crippen molar-refractivity contribution >= 4 is 23.2 Å². The Bertz CT molecular complexity index is 1050. The van der Waals surface area contributed by atoms with Crippen LogP contribution in [0.3, 0.4) is 0 Å². The van der Waals surface area contributed by atoms with E-state index in [1.807, 2.05) is 30.3 Å². The molecule has 1 aromatic heterocycles. The molecule has 0 unspecified atom stereocenters. The van der Waals surface area contributed by atoms with Crippen LogP contribution in [0.4, 0.5) is 5.69 Å². The second kappa shape index (κ2) is 8.58. The van der Waals surface area contributed by atoms with Gasteiger partial charge in [0.25, 0.3) is 11.5 Å². The molecule has 1 heterocycles. The summed E-state index contributed by atoms with van der Waals surface area (Å²) in [6.07, 6.45) is 0. The number of rotatable bonds is 6. The molecule has 0 radical (unpaired) electrons. The minimum atomic E-state index is -0.496. The van der Waals surface area contributed by atoms with Crippen molar-refractivity contribution in [2.24, 2.45) is 0 Å². The summed E-state index contributed by atoms with van der Waals surface area (Å²) in [7, 11) is 2.94. The molecule has 8 heteroatoms. The molecule has 0 atom stereocenters. The van der Waals surface area contributed by atoms with Crippen LogP contribution in [0.25, 0.3) is 0 Å². The molecule has 144 valence electrons. The summed E-state index contributed by atoms with van der Waals surface area (Å²) in [6.45, 7) is 0.263. The zero-order valence-electron chi connectivity index (χ0n) is 15.3. The smallest absolute Gasteiger partial charge is 0.276 e. The van der Waals surface area contributed by atoms with E-state index in [1.165, 1.54) is 31.0 Å². The number of benzene rings is 2. The van der Waals surface area contributed by atoms with Gasteiger partial charge in [0.05, 0.1) is 31.5 Å². The maximum atomic E-state index is 12.7. The first-order chi connectivity index (χ1) is 13.5. The average molecular weight is 400 g/mol. The van der Waals surface area contributed by atoms with Crippen LogP contribution in [0.15, 0.2) is 59.4 Å². The van der Waals surface area contributed by atoms with Crippen molar-refractivity contribution in [3.63, 3.8) is 0 Å². The summed E-state index contributed by atoms with van der Waals surface area (Å²) in [5.41, 5.74) is 1.06. The van der Waals surface area contributed by atoms with Gasteiger partial charge in [0.2, 0.25) is 0 Å². The quantitative estimate of drug-likeness (QED) is 0.688. The van der Waals surface area contributed by atoms with Gasteiger partial charge in [0.15, 0.2) is 0 Å². The number of anilines is 1. The topological polar surface area (TPSA) is 82.5 Å². The largest absolute Gasteiger partial charge is 0.495 e. The van der Waals surface area contributed by atoms with Crippen LogP contribution in [0.5, 0.6) is 11.5 Å². The van der Waals surface area contributed by atoms with Gasteiger partial charge in [-0.25, -0.2) is 4.68 Å². The molecule has 0 saturated carbocycles. The Morgan fingerprint density at radius 2 is 1.79 bits per heavy atom. The van der Waals surface area contributed by atoms with E-state index in [4.69, 9.17) is 21.1 Å². The number of ether oxygens (including phenoxy) is 2. The van der Waals surface area contributed by atoms with E-state index in [0.717, 1.165) is 5.56 Å². The van der Waals surface area contributed by atoms with E-state index in [9.17, 15) is 9.59 Å². The van der Waals surface area contributed by atoms with Crippen molar-refractivity contribution in [2.75, 3.05) is 19.5 Å². The first kappa shape index (κ1) is 19.4. The molecule has 0 bridgehead atoms. The number of hydrogen-bond donors (Lipinski definition) is 1. The molecule has 0 aliphatic heterocycles. The Morgan fingerprint density at radius 3 is 2.46 bits per heavy atom. The van der Waals surface area contributed by atoms with Crippen molar-refractivity contribution in [3.05, 3.63) is 81.2 Å². The average Bonchev–Trinajstić information content (AvgIpc) is 2.71. The molecule has 28 heavy (non-hydrogen) atoms. The van der Waals surface area contributed by atoms with E-state index < -0.39 is 5.91 Å². The fourth-order valence-electron chi connectivity index (χ4n) is 2.58. The lowest BCUT2D eigenvalue weighted by molar-refractivity contribution is 0.101. The summed E-state index contributed by atoms with van der Waals surface area (Å²) >= 11 is 6.08. The van der Waals surface area contributed by atoms with Crippen molar-refractivity contribution < 1.29 is 14.3 Å². The lowest BCUT2D eigenvalue weighted by Gasteiger charge is -2.13. The van der Waals surface area contributed by atoms with E-state index in [1.54, 1.807) is 12.1 Å². The molecular formula is C20H18ClN3O4. The predicted octanol–water partition coefficient (Wildman–Crippen LogP) is 3.21. The van der Waals surface area contributed by atoms with Crippen LogP contribution < -0.4 is 20.3 Å². The molecule has 0 saturated heterocycles. The third-order valence-electron chi connectivity index (χ3n) is 4.00. The van der Waals surface area contributed by atoms with Crippen molar-refractivity contribution in [1.82, 2.24) is 9.78 Å². The molecule has 0 aliphatic rings. The van der Waals surface area contributed by atoms with E-state index >= 15 is 0 Å². The number of nitrogens with zero attached hydrogens (tertiary/aromatic N) is 2. The van der Waals surface area contributed by atoms with E-state index in [-0.39, 0.29) is 17.8 Å². The molecule has 1 N–H and O–H groups in total. The minimum absolute atomic E-state index is 0.0894. The lowest BCUT2D eigenvalue weighted by atomic mass is 10.2. The molecule has 0 aliphatic carbocycles. The second-order valence-corrected chi connectivity index (χ2v) is 6.25. The number of carbonyl (C=O) groups excluding carboxylic acids is 1. The molecule has 3 aromatic rings. The second-order valence-electron chi connectivity index (χ2n) is 5.84. The Kier molecular flexibility index (Phi) is 5.96. The molecule has 2 aromatic carbocycles. The lowest BCUT2D eigenvalue weighted by Crippen LogP contribution is -2.26. The van der Waals surface area contributed by atoms with Crippen molar-refractivity contribution in [3.8, 4) is 11.5 Å². The van der Waals surface area contributed by atoms with Crippen LogP contribution in [0.1, 0.15) is 16.1 Å². The number of nitrogens with one attached hydrogen (secondary N) is 1. The van der Waals surface area contributed by atoms with E-state index in [0.29, 0.717) is 22.2 Å². The number of carbonyl (C=O) groups is 1. The third kappa shape index (κ3) is 4.32. The fourth-order valence-corrected chi connectivity index (χ4v) is 2.81. The van der Waals surface area contributed by atoms with Gasteiger partial charge in [-0.3, -0.25) is 9.59 Å². The third-order valence-corrected chi connectivity index (χ3v) is 4.29. The molecule has 3 rings (SSSR count). The zero-order chi connectivity index (χ0) is 20.1. The summed E-state index contributed by atoms with van der Waals surface area (Å²) in [5.74, 6) is 0.265. The maximum Gasteiger partial charge on any atom is 0.276 e. The predicted molar refractivity (Wildman–Crippen MR) is 107 cm³/mol. The number of hydrogen-bond acceptors (Lipinski definition) is 5. The Hall–Kier alpha value is -3.32. The first-order valence-electron chi connectivity index (χ1n) is 8.37. The fraction of sp³-hybridized carbons (Fsp3) is 0.150. The van der Waals surface area contributed by atoms with Crippen molar-refractivity contribution in [2.45, 2.75) is 6.54 Å². The van der Waals surface area contributed by atoms with Gasteiger partial charge in [-0.05, 0) is 11.6 Å². The van der Waals surface area contributed by atoms with Gasteiger partial charge >= 0.3 is 0 Å². The highest BCUT2D eigenvalue weighted by atomic mass is 35.5. The maximum absolute atomic E-state index is 12.7. The Morgan fingerprint density at radius 1 is 1.07 bits per heavy atom. The van der Waals surface area contributed by atoms with Crippen LogP contribution in [0, 0.1) is 0 Å². The van der Waals surface area contributed by atoms with Gasteiger partial charge in [-0.15, -0.1) is 0 Å². The summed E-state index contributed by atoms with van der Waals surface area (Å²) < 4.78 is 11.7. The highest BCUT2D eigenvalue weighted by molar-refractivity contribution is 6.32. The summed E-state index contributed by atoms with van der Waals surface area (Å²) in [4.78, 5) is 24.8.